The lowest BCUT2D eigenvalue weighted by Crippen LogP contribution is -2.54. The Kier molecular flexibility index (Phi) is 5.76. The summed E-state index contributed by atoms with van der Waals surface area (Å²) < 4.78 is 0. The zero-order chi connectivity index (χ0) is 15.2. The number of carbonyl (C=O) groups excluding carboxylic acids is 2. The van der Waals surface area contributed by atoms with E-state index in [0.29, 0.717) is 4.88 Å². The van der Waals surface area contributed by atoms with E-state index in [1.165, 1.54) is 11.3 Å². The molecule has 1 fully saturated rings. The number of hydrogen-bond donors (Lipinski definition) is 3. The van der Waals surface area contributed by atoms with Crippen molar-refractivity contribution in [1.29, 1.82) is 0 Å². The standard InChI is InChI=1S/C15H23N3O2S/c1-10(2)13(18-14(19)12-6-4-8-21-12)15(20)17-11-5-3-7-16-9-11/h4,6,8,10-11,13,16H,3,5,7,9H2,1-2H3,(H,17,20)(H,18,19). The molecule has 2 unspecified atom stereocenters. The number of piperidine rings is 1. The molecule has 3 N–H and O–H groups in total. The Balaban J connectivity index is 1.94. The van der Waals surface area contributed by atoms with Crippen molar-refractivity contribution in [2.75, 3.05) is 13.1 Å². The fourth-order valence-electron chi connectivity index (χ4n) is 2.42. The van der Waals surface area contributed by atoms with Crippen LogP contribution in [0, 0.1) is 5.92 Å². The molecule has 6 heteroatoms. The third kappa shape index (κ3) is 4.54. The highest BCUT2D eigenvalue weighted by atomic mass is 32.1. The molecule has 1 aliphatic heterocycles. The van der Waals surface area contributed by atoms with Gasteiger partial charge in [0.15, 0.2) is 0 Å². The van der Waals surface area contributed by atoms with Crippen LogP contribution in [0.25, 0.3) is 0 Å². The third-order valence-electron chi connectivity index (χ3n) is 3.62. The van der Waals surface area contributed by atoms with E-state index in [-0.39, 0.29) is 23.8 Å². The van der Waals surface area contributed by atoms with E-state index in [4.69, 9.17) is 0 Å². The molecule has 1 aliphatic rings. The lowest BCUT2D eigenvalue weighted by atomic mass is 10.0. The Labute approximate surface area is 129 Å². The summed E-state index contributed by atoms with van der Waals surface area (Å²) in [6.45, 7) is 5.70. The summed E-state index contributed by atoms with van der Waals surface area (Å²) >= 11 is 1.38. The average Bonchev–Trinajstić information content (AvgIpc) is 2.99. The van der Waals surface area contributed by atoms with E-state index >= 15 is 0 Å². The highest BCUT2D eigenvalue weighted by molar-refractivity contribution is 7.12. The summed E-state index contributed by atoms with van der Waals surface area (Å²) in [6.07, 6.45) is 2.06. The molecule has 0 aromatic carbocycles. The van der Waals surface area contributed by atoms with Crippen LogP contribution >= 0.6 is 11.3 Å². The number of hydrogen-bond acceptors (Lipinski definition) is 4. The van der Waals surface area contributed by atoms with Crippen LogP contribution in [0.4, 0.5) is 0 Å². The van der Waals surface area contributed by atoms with E-state index < -0.39 is 6.04 Å². The molecule has 21 heavy (non-hydrogen) atoms. The predicted octanol–water partition coefficient (Wildman–Crippen LogP) is 1.37. The van der Waals surface area contributed by atoms with Crippen LogP contribution in [-0.4, -0.2) is 37.0 Å². The normalized spacial score (nSPS) is 20.0. The number of carbonyl (C=O) groups is 2. The molecule has 0 aliphatic carbocycles. The molecule has 2 atom stereocenters. The average molecular weight is 309 g/mol. The molecule has 1 aromatic heterocycles. The van der Waals surface area contributed by atoms with Gasteiger partial charge in [0.05, 0.1) is 4.88 Å². The van der Waals surface area contributed by atoms with Crippen molar-refractivity contribution in [3.8, 4) is 0 Å². The first-order valence-corrected chi connectivity index (χ1v) is 8.31. The first-order valence-electron chi connectivity index (χ1n) is 7.43. The quantitative estimate of drug-likeness (QED) is 0.769. The van der Waals surface area contributed by atoms with Crippen LogP contribution in [0.3, 0.4) is 0 Å². The molecule has 0 saturated carbocycles. The van der Waals surface area contributed by atoms with Crippen LogP contribution in [0.15, 0.2) is 17.5 Å². The van der Waals surface area contributed by atoms with Gasteiger partial charge in [0.25, 0.3) is 5.91 Å². The van der Waals surface area contributed by atoms with Crippen molar-refractivity contribution in [3.05, 3.63) is 22.4 Å². The summed E-state index contributed by atoms with van der Waals surface area (Å²) in [5.41, 5.74) is 0. The molecule has 5 nitrogen and oxygen atoms in total. The van der Waals surface area contributed by atoms with E-state index in [1.807, 2.05) is 25.3 Å². The van der Waals surface area contributed by atoms with Crippen LogP contribution in [0.1, 0.15) is 36.4 Å². The molecular formula is C15H23N3O2S. The van der Waals surface area contributed by atoms with E-state index in [0.717, 1.165) is 25.9 Å². The second-order valence-electron chi connectivity index (χ2n) is 5.72. The first-order chi connectivity index (χ1) is 10.1. The fourth-order valence-corrected chi connectivity index (χ4v) is 3.05. The lowest BCUT2D eigenvalue weighted by molar-refractivity contribution is -0.124. The Hall–Kier alpha value is -1.40. The molecule has 116 valence electrons. The molecule has 1 aromatic rings. The summed E-state index contributed by atoms with van der Waals surface area (Å²) in [4.78, 5) is 25.2. The Morgan fingerprint density at radius 1 is 1.43 bits per heavy atom. The van der Waals surface area contributed by atoms with Crippen LogP contribution < -0.4 is 16.0 Å². The topological polar surface area (TPSA) is 70.2 Å². The second kappa shape index (κ2) is 7.56. The van der Waals surface area contributed by atoms with Gasteiger partial charge in [0, 0.05) is 12.6 Å². The van der Waals surface area contributed by atoms with Crippen molar-refractivity contribution in [3.63, 3.8) is 0 Å². The maximum Gasteiger partial charge on any atom is 0.262 e. The molecule has 0 radical (unpaired) electrons. The summed E-state index contributed by atoms with van der Waals surface area (Å²) in [7, 11) is 0. The zero-order valence-corrected chi connectivity index (χ0v) is 13.3. The van der Waals surface area contributed by atoms with E-state index in [2.05, 4.69) is 16.0 Å². The van der Waals surface area contributed by atoms with Gasteiger partial charge >= 0.3 is 0 Å². The Morgan fingerprint density at radius 2 is 2.24 bits per heavy atom. The van der Waals surface area contributed by atoms with Crippen LogP contribution in [-0.2, 0) is 4.79 Å². The minimum atomic E-state index is -0.499. The number of rotatable bonds is 5. The van der Waals surface area contributed by atoms with Gasteiger partial charge in [-0.2, -0.15) is 0 Å². The van der Waals surface area contributed by atoms with Crippen molar-refractivity contribution in [2.45, 2.75) is 38.8 Å². The molecule has 2 rings (SSSR count). The monoisotopic (exact) mass is 309 g/mol. The molecule has 0 spiro atoms. The number of thiophene rings is 1. The summed E-state index contributed by atoms with van der Waals surface area (Å²) in [5, 5.41) is 11.0. The number of amides is 2. The molecule has 2 amide bonds. The molecular weight excluding hydrogens is 286 g/mol. The fraction of sp³-hybridized carbons (Fsp3) is 0.600. The van der Waals surface area contributed by atoms with E-state index in [1.54, 1.807) is 6.07 Å². The number of nitrogens with one attached hydrogen (secondary N) is 3. The second-order valence-corrected chi connectivity index (χ2v) is 6.67. The van der Waals surface area contributed by atoms with Crippen molar-refractivity contribution in [1.82, 2.24) is 16.0 Å². The smallest absolute Gasteiger partial charge is 0.262 e. The van der Waals surface area contributed by atoms with Gasteiger partial charge in [0.1, 0.15) is 6.04 Å². The first kappa shape index (κ1) is 16.0. The van der Waals surface area contributed by atoms with Gasteiger partial charge in [-0.1, -0.05) is 19.9 Å². The minimum absolute atomic E-state index is 0.0467. The Bertz CT molecular complexity index is 467. The zero-order valence-electron chi connectivity index (χ0n) is 12.5. The SMILES string of the molecule is CC(C)C(NC(=O)c1cccs1)C(=O)NC1CCCNC1. The maximum absolute atomic E-state index is 12.4. The highest BCUT2D eigenvalue weighted by Crippen LogP contribution is 2.11. The third-order valence-corrected chi connectivity index (χ3v) is 4.49. The van der Waals surface area contributed by atoms with Gasteiger partial charge in [-0.05, 0) is 36.8 Å². The van der Waals surface area contributed by atoms with Gasteiger partial charge in [-0.15, -0.1) is 11.3 Å². The van der Waals surface area contributed by atoms with Crippen LogP contribution in [0.2, 0.25) is 0 Å². The van der Waals surface area contributed by atoms with Gasteiger partial charge in [-0.3, -0.25) is 9.59 Å². The van der Waals surface area contributed by atoms with Crippen LogP contribution in [0.5, 0.6) is 0 Å². The highest BCUT2D eigenvalue weighted by Gasteiger charge is 2.27. The van der Waals surface area contributed by atoms with Gasteiger partial charge in [-0.25, -0.2) is 0 Å². The van der Waals surface area contributed by atoms with Crippen molar-refractivity contribution in [2.24, 2.45) is 5.92 Å². The van der Waals surface area contributed by atoms with Crippen molar-refractivity contribution >= 4 is 23.2 Å². The lowest BCUT2D eigenvalue weighted by Gasteiger charge is -2.28. The molecule has 2 heterocycles. The minimum Gasteiger partial charge on any atom is -0.350 e. The van der Waals surface area contributed by atoms with E-state index in [9.17, 15) is 9.59 Å². The predicted molar refractivity (Wildman–Crippen MR) is 84.4 cm³/mol. The molecule has 0 bridgehead atoms. The van der Waals surface area contributed by atoms with Gasteiger partial charge in [0.2, 0.25) is 5.91 Å². The summed E-state index contributed by atoms with van der Waals surface area (Å²) in [5.74, 6) is -0.227. The van der Waals surface area contributed by atoms with Crippen molar-refractivity contribution < 1.29 is 9.59 Å². The molecule has 1 saturated heterocycles. The maximum atomic E-state index is 12.4. The summed E-state index contributed by atoms with van der Waals surface area (Å²) in [6, 6.07) is 3.26. The Morgan fingerprint density at radius 3 is 2.81 bits per heavy atom. The van der Waals surface area contributed by atoms with Gasteiger partial charge < -0.3 is 16.0 Å². The largest absolute Gasteiger partial charge is 0.350 e.